The second-order valence-corrected chi connectivity index (χ2v) is 8.49. The molecule has 0 saturated carbocycles. The van der Waals surface area contributed by atoms with Crippen LogP contribution in [0.25, 0.3) is 6.08 Å². The Kier molecular flexibility index (Phi) is 5.88. The van der Waals surface area contributed by atoms with Gasteiger partial charge in [-0.3, -0.25) is 0 Å². The predicted octanol–water partition coefficient (Wildman–Crippen LogP) is 6.53. The highest BCUT2D eigenvalue weighted by atomic mass is 16.3. The Bertz CT molecular complexity index is 1010. The number of benzene rings is 2. The van der Waals surface area contributed by atoms with Crippen LogP contribution >= 0.6 is 0 Å². The molecule has 0 heterocycles. The maximum atomic E-state index is 9.94. The van der Waals surface area contributed by atoms with E-state index in [1.807, 2.05) is 12.1 Å². The van der Waals surface area contributed by atoms with E-state index in [4.69, 9.17) is 0 Å². The molecule has 3 rings (SSSR count). The van der Waals surface area contributed by atoms with Crippen LogP contribution in [0.2, 0.25) is 0 Å². The fraction of sp³-hybridized carbons (Fsp3) is 0.308. The Morgan fingerprint density at radius 1 is 0.966 bits per heavy atom. The van der Waals surface area contributed by atoms with Crippen LogP contribution in [0, 0.1) is 6.92 Å². The fourth-order valence-electron chi connectivity index (χ4n) is 3.91. The molecule has 29 heavy (non-hydrogen) atoms. The van der Waals surface area contributed by atoms with Gasteiger partial charge in [-0.05, 0) is 85.2 Å². The van der Waals surface area contributed by atoms with Gasteiger partial charge in [-0.25, -0.2) is 0 Å². The molecule has 0 unspecified atom stereocenters. The summed E-state index contributed by atoms with van der Waals surface area (Å²) in [6.07, 6.45) is 9.66. The van der Waals surface area contributed by atoms with E-state index in [1.54, 1.807) is 18.2 Å². The Morgan fingerprint density at radius 3 is 2.45 bits per heavy atom. The second kappa shape index (κ2) is 8.20. The number of aromatic hydroxyl groups is 3. The highest BCUT2D eigenvalue weighted by Crippen LogP contribution is 2.37. The number of phenols is 3. The van der Waals surface area contributed by atoms with Crippen molar-refractivity contribution in [2.24, 2.45) is 0 Å². The van der Waals surface area contributed by atoms with E-state index in [0.717, 1.165) is 30.4 Å². The van der Waals surface area contributed by atoms with E-state index in [9.17, 15) is 15.3 Å². The number of allylic oxidation sites excluding steroid dienone is 5. The zero-order valence-electron chi connectivity index (χ0n) is 17.7. The van der Waals surface area contributed by atoms with E-state index in [2.05, 4.69) is 45.9 Å². The fourth-order valence-corrected chi connectivity index (χ4v) is 3.91. The second-order valence-electron chi connectivity index (χ2n) is 8.49. The molecule has 1 aliphatic rings. The Labute approximate surface area is 173 Å². The standard InChI is InChI=1S/C26H30O3/c1-17-8-10-22(27)16-23(17)26(3,4)18(2)12-19-6-5-7-20(13-19)14-21-9-11-24(28)25(29)15-21/h8-16,27-29H,5-7H2,1-4H3/b18-12-,20-14+. The molecule has 1 aliphatic carbocycles. The van der Waals surface area contributed by atoms with Gasteiger partial charge >= 0.3 is 0 Å². The van der Waals surface area contributed by atoms with Crippen molar-refractivity contribution in [3.63, 3.8) is 0 Å². The van der Waals surface area contributed by atoms with Crippen LogP contribution in [0.15, 0.2) is 65.3 Å². The summed E-state index contributed by atoms with van der Waals surface area (Å²) in [6, 6.07) is 10.5. The first-order valence-electron chi connectivity index (χ1n) is 10.1. The average Bonchev–Trinajstić information content (AvgIpc) is 2.67. The van der Waals surface area contributed by atoms with Gasteiger partial charge in [-0.1, -0.05) is 49.8 Å². The minimum Gasteiger partial charge on any atom is -0.508 e. The molecule has 0 saturated heterocycles. The molecule has 3 nitrogen and oxygen atoms in total. The topological polar surface area (TPSA) is 60.7 Å². The number of aryl methyl sites for hydroxylation is 1. The predicted molar refractivity (Wildman–Crippen MR) is 119 cm³/mol. The quantitative estimate of drug-likeness (QED) is 0.520. The smallest absolute Gasteiger partial charge is 0.157 e. The van der Waals surface area contributed by atoms with Crippen molar-refractivity contribution in [1.29, 1.82) is 0 Å². The lowest BCUT2D eigenvalue weighted by atomic mass is 9.75. The van der Waals surface area contributed by atoms with Crippen molar-refractivity contribution in [2.45, 2.75) is 52.4 Å². The summed E-state index contributed by atoms with van der Waals surface area (Å²) in [7, 11) is 0. The van der Waals surface area contributed by atoms with E-state index < -0.39 is 0 Å². The van der Waals surface area contributed by atoms with E-state index in [1.165, 1.54) is 28.3 Å². The Morgan fingerprint density at radius 2 is 1.72 bits per heavy atom. The van der Waals surface area contributed by atoms with Crippen molar-refractivity contribution >= 4 is 6.08 Å². The molecule has 0 atom stereocenters. The third-order valence-corrected chi connectivity index (χ3v) is 5.94. The minimum absolute atomic E-state index is 0.0988. The molecule has 0 radical (unpaired) electrons. The summed E-state index contributed by atoms with van der Waals surface area (Å²) in [5.74, 6) is 0.0964. The van der Waals surface area contributed by atoms with Gasteiger partial charge in [-0.15, -0.1) is 0 Å². The molecule has 3 N–H and O–H groups in total. The zero-order valence-corrected chi connectivity index (χ0v) is 17.7. The van der Waals surface area contributed by atoms with Gasteiger partial charge in [0.15, 0.2) is 11.5 Å². The van der Waals surface area contributed by atoms with Crippen molar-refractivity contribution in [1.82, 2.24) is 0 Å². The van der Waals surface area contributed by atoms with Gasteiger partial charge < -0.3 is 15.3 Å². The van der Waals surface area contributed by atoms with Crippen LogP contribution < -0.4 is 0 Å². The highest BCUT2D eigenvalue weighted by Gasteiger charge is 2.25. The molecule has 2 aromatic rings. The SMILES string of the molecule is C/C(=C/C1=CC(=C/c2ccc(O)c(O)c2)/CCC1)C(C)(C)c1cc(O)ccc1C. The minimum atomic E-state index is -0.187. The van der Waals surface area contributed by atoms with E-state index in [0.29, 0.717) is 5.75 Å². The lowest BCUT2D eigenvalue weighted by Crippen LogP contribution is -2.20. The van der Waals surface area contributed by atoms with Gasteiger partial charge in [0.05, 0.1) is 0 Å². The molecule has 2 aromatic carbocycles. The molecule has 0 fully saturated rings. The van der Waals surface area contributed by atoms with Crippen molar-refractivity contribution in [3.8, 4) is 17.2 Å². The van der Waals surface area contributed by atoms with Crippen LogP contribution in [0.5, 0.6) is 17.2 Å². The first-order chi connectivity index (χ1) is 13.7. The summed E-state index contributed by atoms with van der Waals surface area (Å²) < 4.78 is 0. The summed E-state index contributed by atoms with van der Waals surface area (Å²) in [6.45, 7) is 8.62. The van der Waals surface area contributed by atoms with Crippen LogP contribution in [0.4, 0.5) is 0 Å². The van der Waals surface area contributed by atoms with E-state index >= 15 is 0 Å². The third-order valence-electron chi connectivity index (χ3n) is 5.94. The van der Waals surface area contributed by atoms with Crippen LogP contribution in [0.3, 0.4) is 0 Å². The molecular formula is C26H30O3. The largest absolute Gasteiger partial charge is 0.508 e. The van der Waals surface area contributed by atoms with Crippen molar-refractivity contribution < 1.29 is 15.3 Å². The normalized spacial score (nSPS) is 16.8. The number of hydrogen-bond donors (Lipinski definition) is 3. The highest BCUT2D eigenvalue weighted by molar-refractivity contribution is 5.61. The van der Waals surface area contributed by atoms with Gasteiger partial charge in [-0.2, -0.15) is 0 Å². The first-order valence-corrected chi connectivity index (χ1v) is 10.1. The zero-order chi connectivity index (χ0) is 21.2. The van der Waals surface area contributed by atoms with Crippen molar-refractivity contribution in [3.05, 3.63) is 82.0 Å². The van der Waals surface area contributed by atoms with Gasteiger partial charge in [0.25, 0.3) is 0 Å². The van der Waals surface area contributed by atoms with E-state index in [-0.39, 0.29) is 16.9 Å². The first kappa shape index (κ1) is 20.8. The van der Waals surface area contributed by atoms with Crippen LogP contribution in [-0.2, 0) is 5.41 Å². The maximum Gasteiger partial charge on any atom is 0.157 e. The third kappa shape index (κ3) is 4.73. The number of phenolic OH excluding ortho intramolecular Hbond substituents is 3. The monoisotopic (exact) mass is 390 g/mol. The van der Waals surface area contributed by atoms with Crippen LogP contribution in [0.1, 0.15) is 56.7 Å². The molecule has 152 valence electrons. The molecule has 0 aromatic heterocycles. The Balaban J connectivity index is 1.90. The van der Waals surface area contributed by atoms with Crippen molar-refractivity contribution in [2.75, 3.05) is 0 Å². The summed E-state index contributed by atoms with van der Waals surface area (Å²) in [4.78, 5) is 0. The summed E-state index contributed by atoms with van der Waals surface area (Å²) in [5.41, 5.74) is 6.75. The van der Waals surface area contributed by atoms with Gasteiger partial charge in [0.1, 0.15) is 5.75 Å². The molecule has 3 heteroatoms. The van der Waals surface area contributed by atoms with Gasteiger partial charge in [0.2, 0.25) is 0 Å². The summed E-state index contributed by atoms with van der Waals surface area (Å²) in [5, 5.41) is 29.2. The van der Waals surface area contributed by atoms with Gasteiger partial charge in [0, 0.05) is 5.41 Å². The maximum absolute atomic E-state index is 9.94. The molecule has 0 bridgehead atoms. The Hall–Kier alpha value is -2.94. The lowest BCUT2D eigenvalue weighted by Gasteiger charge is -2.29. The van der Waals surface area contributed by atoms with Crippen LogP contribution in [-0.4, -0.2) is 15.3 Å². The summed E-state index contributed by atoms with van der Waals surface area (Å²) >= 11 is 0. The molecule has 0 aliphatic heterocycles. The number of hydrogen-bond acceptors (Lipinski definition) is 3. The average molecular weight is 391 g/mol. The number of rotatable bonds is 4. The molecule has 0 spiro atoms. The molecule has 0 amide bonds. The lowest BCUT2D eigenvalue weighted by molar-refractivity contribution is 0.403. The molecular weight excluding hydrogens is 360 g/mol.